The summed E-state index contributed by atoms with van der Waals surface area (Å²) < 4.78 is 0. The molecule has 0 aromatic heterocycles. The minimum atomic E-state index is -0.114. The Labute approximate surface area is 135 Å². The Morgan fingerprint density at radius 3 is 2.48 bits per heavy atom. The molecule has 0 radical (unpaired) electrons. The number of hydrogen-bond donors (Lipinski definition) is 2. The van der Waals surface area contributed by atoms with Gasteiger partial charge >= 0.3 is 0 Å². The number of nitrogens with one attached hydrogen (secondary N) is 2. The summed E-state index contributed by atoms with van der Waals surface area (Å²) >= 11 is 0. The van der Waals surface area contributed by atoms with Crippen LogP contribution in [0.25, 0.3) is 0 Å². The van der Waals surface area contributed by atoms with Crippen LogP contribution in [0.3, 0.4) is 0 Å². The van der Waals surface area contributed by atoms with E-state index in [0.717, 1.165) is 37.2 Å². The van der Waals surface area contributed by atoms with Crippen LogP contribution in [0.1, 0.15) is 31.2 Å². The van der Waals surface area contributed by atoms with Gasteiger partial charge in [0.2, 0.25) is 17.7 Å². The molecule has 1 aromatic rings. The fraction of sp³-hybridized carbons (Fsp3) is 0.471. The van der Waals surface area contributed by atoms with Gasteiger partial charge in [-0.2, -0.15) is 0 Å². The normalized spacial score (nSPS) is 21.6. The van der Waals surface area contributed by atoms with Crippen LogP contribution < -0.4 is 10.6 Å². The highest BCUT2D eigenvalue weighted by molar-refractivity contribution is 6.01. The van der Waals surface area contributed by atoms with Crippen LogP contribution in [-0.4, -0.2) is 35.7 Å². The zero-order valence-electron chi connectivity index (χ0n) is 13.0. The number of carbonyl (C=O) groups excluding carboxylic acids is 3. The molecule has 23 heavy (non-hydrogen) atoms. The lowest BCUT2D eigenvalue weighted by Crippen LogP contribution is -2.37. The third kappa shape index (κ3) is 3.76. The standard InChI is InChI=1S/C17H21N3O3/c21-15-7-8-16(22)20(15)11-12-3-5-14(6-4-12)19-17(23)13-2-1-9-18-10-13/h3-6,13,18H,1-2,7-11H2,(H,19,23). The number of anilines is 1. The van der Waals surface area contributed by atoms with Crippen LogP contribution in [0.15, 0.2) is 24.3 Å². The molecule has 6 heteroatoms. The molecule has 2 aliphatic heterocycles. The number of carbonyl (C=O) groups is 3. The summed E-state index contributed by atoms with van der Waals surface area (Å²) in [5.41, 5.74) is 1.62. The van der Waals surface area contributed by atoms with Gasteiger partial charge < -0.3 is 10.6 Å². The van der Waals surface area contributed by atoms with Crippen molar-refractivity contribution in [2.45, 2.75) is 32.2 Å². The van der Waals surface area contributed by atoms with Crippen LogP contribution in [0.2, 0.25) is 0 Å². The third-order valence-electron chi connectivity index (χ3n) is 4.38. The molecule has 1 aromatic carbocycles. The van der Waals surface area contributed by atoms with Gasteiger partial charge in [-0.1, -0.05) is 12.1 Å². The van der Waals surface area contributed by atoms with Gasteiger partial charge in [0.25, 0.3) is 0 Å². The van der Waals surface area contributed by atoms with Crippen molar-refractivity contribution in [2.75, 3.05) is 18.4 Å². The number of nitrogens with zero attached hydrogens (tertiary/aromatic N) is 1. The summed E-state index contributed by atoms with van der Waals surface area (Å²) in [6.45, 7) is 2.01. The van der Waals surface area contributed by atoms with Crippen LogP contribution in [0, 0.1) is 5.92 Å². The first-order chi connectivity index (χ1) is 11.1. The summed E-state index contributed by atoms with van der Waals surface area (Å²) in [6.07, 6.45) is 2.55. The number of imide groups is 1. The molecule has 2 heterocycles. The topological polar surface area (TPSA) is 78.5 Å². The second kappa shape index (κ2) is 6.91. The van der Waals surface area contributed by atoms with Gasteiger partial charge in [-0.25, -0.2) is 0 Å². The molecule has 1 atom stereocenters. The van der Waals surface area contributed by atoms with E-state index in [-0.39, 0.29) is 23.6 Å². The average molecular weight is 315 g/mol. The monoisotopic (exact) mass is 315 g/mol. The van der Waals surface area contributed by atoms with E-state index in [1.54, 1.807) is 0 Å². The highest BCUT2D eigenvalue weighted by Gasteiger charge is 2.28. The molecule has 6 nitrogen and oxygen atoms in total. The van der Waals surface area contributed by atoms with Gasteiger partial charge in [0.05, 0.1) is 12.5 Å². The van der Waals surface area contributed by atoms with Crippen molar-refractivity contribution in [1.82, 2.24) is 10.2 Å². The molecule has 1 unspecified atom stereocenters. The third-order valence-corrected chi connectivity index (χ3v) is 4.38. The molecule has 0 bridgehead atoms. The summed E-state index contributed by atoms with van der Waals surface area (Å²) in [6, 6.07) is 7.31. The zero-order chi connectivity index (χ0) is 16.2. The van der Waals surface area contributed by atoms with Gasteiger partial charge in [-0.05, 0) is 37.1 Å². The van der Waals surface area contributed by atoms with E-state index in [1.807, 2.05) is 24.3 Å². The first-order valence-corrected chi connectivity index (χ1v) is 8.07. The largest absolute Gasteiger partial charge is 0.326 e. The number of benzene rings is 1. The number of hydrogen-bond acceptors (Lipinski definition) is 4. The Balaban J connectivity index is 1.57. The molecular weight excluding hydrogens is 294 g/mol. The van der Waals surface area contributed by atoms with Crippen molar-refractivity contribution in [3.63, 3.8) is 0 Å². The predicted molar refractivity (Wildman–Crippen MR) is 85.5 cm³/mol. The molecule has 2 fully saturated rings. The van der Waals surface area contributed by atoms with Crippen molar-refractivity contribution in [3.8, 4) is 0 Å². The summed E-state index contributed by atoms with van der Waals surface area (Å²) in [7, 11) is 0. The van der Waals surface area contributed by atoms with E-state index in [9.17, 15) is 14.4 Å². The van der Waals surface area contributed by atoms with Crippen molar-refractivity contribution in [1.29, 1.82) is 0 Å². The number of piperidine rings is 1. The molecule has 122 valence electrons. The maximum absolute atomic E-state index is 12.2. The lowest BCUT2D eigenvalue weighted by Gasteiger charge is -2.22. The molecule has 2 saturated heterocycles. The number of likely N-dealkylation sites (tertiary alicyclic amines) is 1. The van der Waals surface area contributed by atoms with Crippen LogP contribution in [0.4, 0.5) is 5.69 Å². The van der Waals surface area contributed by atoms with Crippen LogP contribution in [0.5, 0.6) is 0 Å². The molecule has 3 amide bonds. The van der Waals surface area contributed by atoms with Crippen molar-refractivity contribution in [3.05, 3.63) is 29.8 Å². The highest BCUT2D eigenvalue weighted by atomic mass is 16.2. The molecule has 2 aliphatic rings. The number of rotatable bonds is 4. The van der Waals surface area contributed by atoms with Crippen molar-refractivity contribution in [2.24, 2.45) is 5.92 Å². The van der Waals surface area contributed by atoms with E-state index in [2.05, 4.69) is 10.6 Å². The fourth-order valence-corrected chi connectivity index (χ4v) is 3.00. The fourth-order valence-electron chi connectivity index (χ4n) is 3.00. The van der Waals surface area contributed by atoms with Crippen molar-refractivity contribution < 1.29 is 14.4 Å². The lowest BCUT2D eigenvalue weighted by molar-refractivity contribution is -0.139. The van der Waals surface area contributed by atoms with Crippen molar-refractivity contribution >= 4 is 23.4 Å². The minimum absolute atomic E-state index is 0.0169. The molecule has 0 spiro atoms. The first-order valence-electron chi connectivity index (χ1n) is 8.07. The van der Waals surface area contributed by atoms with E-state index >= 15 is 0 Å². The van der Waals surface area contributed by atoms with Crippen LogP contribution >= 0.6 is 0 Å². The molecule has 3 rings (SSSR count). The van der Waals surface area contributed by atoms with Crippen LogP contribution in [-0.2, 0) is 20.9 Å². The Hall–Kier alpha value is -2.21. The Kier molecular flexibility index (Phi) is 4.71. The van der Waals surface area contributed by atoms with Gasteiger partial charge in [0.15, 0.2) is 0 Å². The minimum Gasteiger partial charge on any atom is -0.326 e. The van der Waals surface area contributed by atoms with Gasteiger partial charge in [-0.15, -0.1) is 0 Å². The summed E-state index contributed by atoms with van der Waals surface area (Å²) in [5.74, 6) is -0.174. The Bertz CT molecular complexity index is 590. The second-order valence-corrected chi connectivity index (χ2v) is 6.10. The number of amides is 3. The maximum Gasteiger partial charge on any atom is 0.229 e. The molecular formula is C17H21N3O3. The lowest BCUT2D eigenvalue weighted by atomic mass is 9.99. The Morgan fingerprint density at radius 2 is 1.87 bits per heavy atom. The van der Waals surface area contributed by atoms with E-state index < -0.39 is 0 Å². The predicted octanol–water partition coefficient (Wildman–Crippen LogP) is 1.27. The quantitative estimate of drug-likeness (QED) is 0.820. The maximum atomic E-state index is 12.2. The van der Waals surface area contributed by atoms with E-state index in [0.29, 0.717) is 19.4 Å². The van der Waals surface area contributed by atoms with E-state index in [4.69, 9.17) is 0 Å². The molecule has 0 saturated carbocycles. The first kappa shape index (κ1) is 15.7. The second-order valence-electron chi connectivity index (χ2n) is 6.10. The van der Waals surface area contributed by atoms with Gasteiger partial charge in [0.1, 0.15) is 0 Å². The van der Waals surface area contributed by atoms with E-state index in [1.165, 1.54) is 4.90 Å². The Morgan fingerprint density at radius 1 is 1.17 bits per heavy atom. The SMILES string of the molecule is O=C(Nc1ccc(CN2C(=O)CCC2=O)cc1)C1CCCNC1. The summed E-state index contributed by atoms with van der Waals surface area (Å²) in [4.78, 5) is 36.7. The molecule has 2 N–H and O–H groups in total. The zero-order valence-corrected chi connectivity index (χ0v) is 13.0. The summed E-state index contributed by atoms with van der Waals surface area (Å²) in [5, 5.41) is 6.15. The van der Waals surface area contributed by atoms with Gasteiger partial charge in [0, 0.05) is 25.1 Å². The molecule has 0 aliphatic carbocycles. The average Bonchev–Trinajstić information content (AvgIpc) is 2.89. The van der Waals surface area contributed by atoms with Gasteiger partial charge in [-0.3, -0.25) is 19.3 Å². The smallest absolute Gasteiger partial charge is 0.229 e. The highest BCUT2D eigenvalue weighted by Crippen LogP contribution is 2.18.